The number of aliphatic hydroxyl groups is 1. The highest BCUT2D eigenvalue weighted by atomic mass is 32.2. The summed E-state index contributed by atoms with van der Waals surface area (Å²) < 4.78 is 33.8. The summed E-state index contributed by atoms with van der Waals surface area (Å²) in [4.78, 5) is 19.6. The molecule has 1 aliphatic heterocycles. The molecule has 1 aromatic heterocycles. The van der Waals surface area contributed by atoms with E-state index in [1.807, 2.05) is 32.9 Å². The molecule has 0 radical (unpaired) electrons. The summed E-state index contributed by atoms with van der Waals surface area (Å²) in [5.74, 6) is -0.341. The van der Waals surface area contributed by atoms with Crippen LogP contribution in [0.1, 0.15) is 42.3 Å². The maximum atomic E-state index is 13.4. The van der Waals surface area contributed by atoms with Crippen LogP contribution < -0.4 is 4.74 Å². The number of aliphatic hydroxyl groups excluding tert-OH is 1. The quantitative estimate of drug-likeness (QED) is 0.645. The number of fused-ring (bicyclic) bond motifs is 1. The lowest BCUT2D eigenvalue weighted by molar-refractivity contribution is 0.0373. The Kier molecular flexibility index (Phi) is 8.12. The van der Waals surface area contributed by atoms with Crippen molar-refractivity contribution in [1.29, 1.82) is 0 Å². The van der Waals surface area contributed by atoms with E-state index in [9.17, 15) is 18.3 Å². The smallest absolute Gasteiger partial charge is 0.259 e. The molecule has 1 aliphatic rings. The van der Waals surface area contributed by atoms with Crippen LogP contribution in [0, 0.1) is 12.8 Å². The van der Waals surface area contributed by atoms with Gasteiger partial charge in [0.2, 0.25) is 15.9 Å². The first kappa shape index (κ1) is 25.9. The second-order valence-electron chi connectivity index (χ2n) is 8.84. The Morgan fingerprint density at radius 2 is 2.00 bits per heavy atom. The van der Waals surface area contributed by atoms with Gasteiger partial charge in [-0.2, -0.15) is 4.31 Å². The lowest BCUT2D eigenvalue weighted by atomic mass is 10.00. The largest absolute Gasteiger partial charge is 0.472 e. The molecule has 0 saturated heterocycles. The Labute approximate surface area is 201 Å². The number of allylic oxidation sites excluding steroid dienone is 1. The van der Waals surface area contributed by atoms with Crippen LogP contribution in [-0.4, -0.2) is 72.5 Å². The molecule has 0 bridgehead atoms. The van der Waals surface area contributed by atoms with Crippen molar-refractivity contribution in [2.75, 3.05) is 26.7 Å². The molecule has 3 atom stereocenters. The third kappa shape index (κ3) is 5.48. The molecule has 0 fully saturated rings. The Morgan fingerprint density at radius 3 is 2.62 bits per heavy atom. The molecule has 0 saturated carbocycles. The van der Waals surface area contributed by atoms with Gasteiger partial charge in [-0.05, 0) is 44.5 Å². The zero-order valence-electron chi connectivity index (χ0n) is 20.3. The molecule has 2 heterocycles. The van der Waals surface area contributed by atoms with Crippen LogP contribution in [0.2, 0.25) is 0 Å². The highest BCUT2D eigenvalue weighted by molar-refractivity contribution is 7.89. The maximum Gasteiger partial charge on any atom is 0.259 e. The molecule has 0 spiro atoms. The van der Waals surface area contributed by atoms with Crippen LogP contribution in [0.5, 0.6) is 5.88 Å². The van der Waals surface area contributed by atoms with Crippen LogP contribution in [0.4, 0.5) is 0 Å². The number of benzene rings is 1. The van der Waals surface area contributed by atoms with Gasteiger partial charge in [-0.15, -0.1) is 0 Å². The monoisotopic (exact) mass is 487 g/mol. The number of amides is 1. The van der Waals surface area contributed by atoms with E-state index in [1.165, 1.54) is 11.4 Å². The topological polar surface area (TPSA) is 100 Å². The summed E-state index contributed by atoms with van der Waals surface area (Å²) in [6, 6.07) is 8.00. The zero-order chi connectivity index (χ0) is 25.0. The van der Waals surface area contributed by atoms with Crippen LogP contribution >= 0.6 is 0 Å². The van der Waals surface area contributed by atoms with E-state index >= 15 is 0 Å². The van der Waals surface area contributed by atoms with Crippen LogP contribution in [0.3, 0.4) is 0 Å². The van der Waals surface area contributed by atoms with Gasteiger partial charge in [0.05, 0.1) is 24.1 Å². The fourth-order valence-electron chi connectivity index (χ4n) is 3.86. The molecule has 3 rings (SSSR count). The first-order chi connectivity index (χ1) is 16.1. The van der Waals surface area contributed by atoms with Gasteiger partial charge in [0, 0.05) is 25.7 Å². The lowest BCUT2D eigenvalue weighted by Gasteiger charge is -2.37. The minimum Gasteiger partial charge on any atom is -0.472 e. The van der Waals surface area contributed by atoms with Gasteiger partial charge in [0.25, 0.3) is 5.91 Å². The number of ether oxygens (including phenoxy) is 1. The molecule has 0 aliphatic carbocycles. The third-order valence-electron chi connectivity index (χ3n) is 6.07. The average Bonchev–Trinajstić information content (AvgIpc) is 2.81. The fourth-order valence-corrected chi connectivity index (χ4v) is 5.04. The highest BCUT2D eigenvalue weighted by Crippen LogP contribution is 2.28. The van der Waals surface area contributed by atoms with Crippen molar-refractivity contribution in [2.24, 2.45) is 5.92 Å². The summed E-state index contributed by atoms with van der Waals surface area (Å²) in [6.45, 7) is 7.64. The number of carbonyl (C=O) groups is 1. The molecule has 2 aromatic rings. The molecule has 9 heteroatoms. The van der Waals surface area contributed by atoms with Crippen molar-refractivity contribution in [1.82, 2.24) is 14.2 Å². The molecule has 0 unspecified atom stereocenters. The first-order valence-electron chi connectivity index (χ1n) is 11.3. The van der Waals surface area contributed by atoms with E-state index < -0.39 is 22.2 Å². The number of carbonyl (C=O) groups excluding carboxylic acids is 1. The van der Waals surface area contributed by atoms with Crippen molar-refractivity contribution >= 4 is 22.0 Å². The normalized spacial score (nSPS) is 20.1. The van der Waals surface area contributed by atoms with Crippen molar-refractivity contribution in [2.45, 2.75) is 44.7 Å². The number of aromatic nitrogens is 1. The van der Waals surface area contributed by atoms with E-state index in [0.29, 0.717) is 6.54 Å². The van der Waals surface area contributed by atoms with E-state index in [1.54, 1.807) is 48.4 Å². The molecule has 1 amide bonds. The Morgan fingerprint density at radius 1 is 1.32 bits per heavy atom. The summed E-state index contributed by atoms with van der Waals surface area (Å²) in [7, 11) is -2.21. The zero-order valence-corrected chi connectivity index (χ0v) is 21.1. The minimum absolute atomic E-state index is 0.0741. The predicted molar refractivity (Wildman–Crippen MR) is 131 cm³/mol. The number of aryl methyl sites for hydroxylation is 1. The summed E-state index contributed by atoms with van der Waals surface area (Å²) in [5, 5.41) is 9.76. The number of likely N-dealkylation sites (N-methyl/N-ethyl adjacent to an activating group) is 1. The number of pyridine rings is 1. The summed E-state index contributed by atoms with van der Waals surface area (Å²) in [5.41, 5.74) is 2.01. The number of sulfonamides is 1. The van der Waals surface area contributed by atoms with Gasteiger partial charge in [-0.25, -0.2) is 13.4 Å². The highest BCUT2D eigenvalue weighted by Gasteiger charge is 2.35. The van der Waals surface area contributed by atoms with Gasteiger partial charge < -0.3 is 14.7 Å². The van der Waals surface area contributed by atoms with Crippen molar-refractivity contribution in [3.05, 3.63) is 59.3 Å². The molecular weight excluding hydrogens is 454 g/mol. The van der Waals surface area contributed by atoms with Crippen LogP contribution in [0.25, 0.3) is 6.08 Å². The number of nitrogens with zero attached hydrogens (tertiary/aromatic N) is 3. The Bertz CT molecular complexity index is 1150. The summed E-state index contributed by atoms with van der Waals surface area (Å²) >= 11 is 0. The first-order valence-corrected chi connectivity index (χ1v) is 12.8. The molecule has 1 N–H and O–H groups in total. The number of hydrogen-bond acceptors (Lipinski definition) is 6. The van der Waals surface area contributed by atoms with Crippen molar-refractivity contribution in [3.8, 4) is 5.88 Å². The molecule has 8 nitrogen and oxygen atoms in total. The third-order valence-corrected chi connectivity index (χ3v) is 7.91. The van der Waals surface area contributed by atoms with Crippen molar-refractivity contribution in [3.63, 3.8) is 0 Å². The number of rotatable bonds is 7. The van der Waals surface area contributed by atoms with Crippen molar-refractivity contribution < 1.29 is 23.1 Å². The van der Waals surface area contributed by atoms with Crippen LogP contribution in [0.15, 0.2) is 47.5 Å². The van der Waals surface area contributed by atoms with Gasteiger partial charge >= 0.3 is 0 Å². The van der Waals surface area contributed by atoms with Crippen LogP contribution in [-0.2, 0) is 10.0 Å². The second-order valence-corrected chi connectivity index (χ2v) is 10.9. The molecule has 1 aromatic carbocycles. The van der Waals surface area contributed by atoms with E-state index in [0.717, 1.165) is 11.1 Å². The SMILES string of the molecule is C/C=C/c1cnc2c(c1)C(=O)N([C@@H](C)CO)C[C@@H](C)[C@@H](CN(C)S(=O)(=O)c1ccc(C)cc1)O2. The standard InChI is InChI=1S/C25H33N3O5S/c1-6-7-20-12-22-24(26-13-20)33-23(18(3)14-28(25(22)30)19(4)16-29)15-27(5)34(31,32)21-10-8-17(2)9-11-21/h6-13,18-19,23,29H,14-16H2,1-5H3/b7-6+/t18-,19+,23-/m1/s1. The fraction of sp³-hybridized carbons (Fsp3) is 0.440. The van der Waals surface area contributed by atoms with E-state index in [2.05, 4.69) is 4.98 Å². The van der Waals surface area contributed by atoms with Gasteiger partial charge in [0.15, 0.2) is 0 Å². The minimum atomic E-state index is -3.73. The average molecular weight is 488 g/mol. The molecule has 34 heavy (non-hydrogen) atoms. The van der Waals surface area contributed by atoms with Gasteiger partial charge in [0.1, 0.15) is 11.7 Å². The lowest BCUT2D eigenvalue weighted by Crippen LogP contribution is -2.50. The number of hydrogen-bond donors (Lipinski definition) is 1. The Hall–Kier alpha value is -2.75. The second kappa shape index (κ2) is 10.7. The van der Waals surface area contributed by atoms with Gasteiger partial charge in [-0.3, -0.25) is 4.79 Å². The predicted octanol–water partition coefficient (Wildman–Crippen LogP) is 2.96. The van der Waals surface area contributed by atoms with Gasteiger partial charge in [-0.1, -0.05) is 36.8 Å². The summed E-state index contributed by atoms with van der Waals surface area (Å²) in [6.07, 6.45) is 4.73. The molecular formula is C25H33N3O5S. The maximum absolute atomic E-state index is 13.4. The van der Waals surface area contributed by atoms with E-state index in [4.69, 9.17) is 4.74 Å². The van der Waals surface area contributed by atoms with E-state index in [-0.39, 0.29) is 41.3 Å². The molecule has 184 valence electrons. The Balaban J connectivity index is 1.97.